The summed E-state index contributed by atoms with van der Waals surface area (Å²) in [5.41, 5.74) is 0.848. The number of aromatic nitrogens is 1. The number of nitrogens with one attached hydrogen (secondary N) is 1. The number of carboxylic acids is 1. The van der Waals surface area contributed by atoms with E-state index < -0.39 is 5.97 Å². The van der Waals surface area contributed by atoms with Gasteiger partial charge < -0.3 is 10.4 Å². The van der Waals surface area contributed by atoms with Crippen LogP contribution in [0.2, 0.25) is 0 Å². The number of nitrogens with zero attached hydrogens (tertiary/aromatic N) is 1. The van der Waals surface area contributed by atoms with Gasteiger partial charge in [0.05, 0.1) is 6.42 Å². The van der Waals surface area contributed by atoms with Crippen LogP contribution in [0.1, 0.15) is 18.4 Å². The minimum Gasteiger partial charge on any atom is -0.481 e. The summed E-state index contributed by atoms with van der Waals surface area (Å²) >= 11 is 0. The first-order chi connectivity index (χ1) is 7.09. The number of carbonyl (C=O) groups is 2. The highest BCUT2D eigenvalue weighted by Crippen LogP contribution is 2.09. The van der Waals surface area contributed by atoms with E-state index in [1.165, 1.54) is 0 Å². The smallest absolute Gasteiger partial charge is 0.303 e. The van der Waals surface area contributed by atoms with Gasteiger partial charge in [-0.15, -0.1) is 0 Å². The van der Waals surface area contributed by atoms with Gasteiger partial charge in [0.2, 0.25) is 5.91 Å². The number of amides is 1. The lowest BCUT2D eigenvalue weighted by atomic mass is 10.2. The fourth-order valence-corrected chi connectivity index (χ4v) is 1.03. The summed E-state index contributed by atoms with van der Waals surface area (Å²) in [4.78, 5) is 25.4. The second-order valence-electron chi connectivity index (χ2n) is 3.11. The molecule has 1 rings (SSSR count). The van der Waals surface area contributed by atoms with Crippen LogP contribution in [0.15, 0.2) is 18.3 Å². The van der Waals surface area contributed by atoms with Crippen molar-refractivity contribution in [3.63, 3.8) is 0 Å². The van der Waals surface area contributed by atoms with Gasteiger partial charge in [-0.05, 0) is 18.6 Å². The van der Waals surface area contributed by atoms with Crippen LogP contribution < -0.4 is 5.32 Å². The fourth-order valence-electron chi connectivity index (χ4n) is 1.03. The number of pyridine rings is 1. The molecule has 0 fully saturated rings. The van der Waals surface area contributed by atoms with Crippen molar-refractivity contribution in [1.82, 2.24) is 4.98 Å². The van der Waals surface area contributed by atoms with E-state index in [4.69, 9.17) is 5.11 Å². The Balaban J connectivity index is 2.52. The van der Waals surface area contributed by atoms with Crippen molar-refractivity contribution in [2.75, 3.05) is 5.32 Å². The van der Waals surface area contributed by atoms with Gasteiger partial charge in [-0.2, -0.15) is 0 Å². The summed E-state index contributed by atoms with van der Waals surface area (Å²) in [6.07, 6.45) is 1.36. The summed E-state index contributed by atoms with van der Waals surface area (Å²) in [6.45, 7) is 1.82. The molecule has 1 heterocycles. The van der Waals surface area contributed by atoms with Crippen LogP contribution in [0.25, 0.3) is 0 Å². The van der Waals surface area contributed by atoms with E-state index in [0.717, 1.165) is 5.56 Å². The minimum atomic E-state index is -0.983. The van der Waals surface area contributed by atoms with Gasteiger partial charge in [-0.25, -0.2) is 4.98 Å². The highest BCUT2D eigenvalue weighted by Gasteiger charge is 2.07. The molecular formula is C10H12N2O3. The molecule has 0 saturated carbocycles. The van der Waals surface area contributed by atoms with E-state index in [1.54, 1.807) is 12.3 Å². The van der Waals surface area contributed by atoms with Crippen molar-refractivity contribution in [2.24, 2.45) is 0 Å². The Labute approximate surface area is 87.1 Å². The zero-order valence-electron chi connectivity index (χ0n) is 8.36. The third-order valence-corrected chi connectivity index (χ3v) is 1.83. The van der Waals surface area contributed by atoms with Crippen LogP contribution in [0.5, 0.6) is 0 Å². The fraction of sp³-hybridized carbons (Fsp3) is 0.300. The Hall–Kier alpha value is -1.91. The number of aliphatic carboxylic acids is 1. The predicted octanol–water partition coefficient (Wildman–Crippen LogP) is 1.19. The van der Waals surface area contributed by atoms with Crippen molar-refractivity contribution in [3.8, 4) is 0 Å². The molecule has 0 atom stereocenters. The van der Waals surface area contributed by atoms with Crippen molar-refractivity contribution < 1.29 is 14.7 Å². The van der Waals surface area contributed by atoms with Crippen molar-refractivity contribution in [1.29, 1.82) is 0 Å². The number of aryl methyl sites for hydroxylation is 1. The topological polar surface area (TPSA) is 79.3 Å². The van der Waals surface area contributed by atoms with Gasteiger partial charge in [0, 0.05) is 12.6 Å². The largest absolute Gasteiger partial charge is 0.481 e. The standard InChI is InChI=1S/C10H12N2O3/c1-7-3-2-6-11-10(7)12-8(13)4-5-9(14)15/h2-3,6H,4-5H2,1H3,(H,14,15)(H,11,12,13). The van der Waals surface area contributed by atoms with Crippen molar-refractivity contribution in [3.05, 3.63) is 23.9 Å². The monoisotopic (exact) mass is 208 g/mol. The van der Waals surface area contributed by atoms with Gasteiger partial charge in [0.1, 0.15) is 5.82 Å². The lowest BCUT2D eigenvalue weighted by Crippen LogP contribution is -2.14. The molecule has 1 amide bonds. The quantitative estimate of drug-likeness (QED) is 0.779. The van der Waals surface area contributed by atoms with Crippen LogP contribution in [-0.4, -0.2) is 22.0 Å². The lowest BCUT2D eigenvalue weighted by molar-refractivity contribution is -0.138. The maximum atomic E-state index is 11.3. The molecule has 0 bridgehead atoms. The Bertz CT molecular complexity index is 377. The Morgan fingerprint density at radius 3 is 2.80 bits per heavy atom. The molecule has 0 unspecified atom stereocenters. The molecule has 5 nitrogen and oxygen atoms in total. The van der Waals surface area contributed by atoms with E-state index in [0.29, 0.717) is 5.82 Å². The summed E-state index contributed by atoms with van der Waals surface area (Å²) in [5, 5.41) is 10.9. The Morgan fingerprint density at radius 2 is 2.20 bits per heavy atom. The van der Waals surface area contributed by atoms with Crippen molar-refractivity contribution >= 4 is 17.7 Å². The second-order valence-corrected chi connectivity index (χ2v) is 3.11. The van der Waals surface area contributed by atoms with Gasteiger partial charge in [-0.1, -0.05) is 6.07 Å². The first-order valence-electron chi connectivity index (χ1n) is 4.53. The molecule has 15 heavy (non-hydrogen) atoms. The minimum absolute atomic E-state index is 0.0364. The van der Waals surface area contributed by atoms with E-state index in [-0.39, 0.29) is 18.7 Å². The molecule has 2 N–H and O–H groups in total. The van der Waals surface area contributed by atoms with E-state index in [2.05, 4.69) is 10.3 Å². The molecule has 0 aromatic carbocycles. The molecule has 80 valence electrons. The average Bonchev–Trinajstić information content (AvgIpc) is 2.18. The summed E-state index contributed by atoms with van der Waals surface area (Å²) in [5.74, 6) is -0.838. The molecule has 0 aliphatic heterocycles. The molecular weight excluding hydrogens is 196 g/mol. The van der Waals surface area contributed by atoms with Crippen LogP contribution in [0.3, 0.4) is 0 Å². The highest BCUT2D eigenvalue weighted by atomic mass is 16.4. The normalized spacial score (nSPS) is 9.67. The van der Waals surface area contributed by atoms with E-state index >= 15 is 0 Å². The zero-order valence-corrected chi connectivity index (χ0v) is 8.36. The number of carbonyl (C=O) groups excluding carboxylic acids is 1. The Morgan fingerprint density at radius 1 is 1.47 bits per heavy atom. The van der Waals surface area contributed by atoms with Crippen LogP contribution in [0.4, 0.5) is 5.82 Å². The average molecular weight is 208 g/mol. The summed E-state index contributed by atoms with van der Waals surface area (Å²) < 4.78 is 0. The van der Waals surface area contributed by atoms with E-state index in [9.17, 15) is 9.59 Å². The van der Waals surface area contributed by atoms with Gasteiger partial charge in [0.15, 0.2) is 0 Å². The number of hydrogen-bond acceptors (Lipinski definition) is 3. The maximum absolute atomic E-state index is 11.3. The number of rotatable bonds is 4. The van der Waals surface area contributed by atoms with Crippen LogP contribution in [0, 0.1) is 6.92 Å². The highest BCUT2D eigenvalue weighted by molar-refractivity contribution is 5.92. The number of anilines is 1. The predicted molar refractivity (Wildman–Crippen MR) is 54.5 cm³/mol. The Kier molecular flexibility index (Phi) is 3.79. The summed E-state index contributed by atoms with van der Waals surface area (Å²) in [7, 11) is 0. The molecule has 5 heteroatoms. The third kappa shape index (κ3) is 3.76. The molecule has 0 saturated heterocycles. The number of carboxylic acid groups (broad SMARTS) is 1. The van der Waals surface area contributed by atoms with Gasteiger partial charge >= 0.3 is 5.97 Å². The third-order valence-electron chi connectivity index (χ3n) is 1.83. The molecule has 1 aromatic rings. The second kappa shape index (κ2) is 5.09. The van der Waals surface area contributed by atoms with Gasteiger partial charge in [-0.3, -0.25) is 9.59 Å². The zero-order chi connectivity index (χ0) is 11.3. The van der Waals surface area contributed by atoms with Crippen LogP contribution >= 0.6 is 0 Å². The van der Waals surface area contributed by atoms with Crippen LogP contribution in [-0.2, 0) is 9.59 Å². The SMILES string of the molecule is Cc1cccnc1NC(=O)CCC(=O)O. The first kappa shape index (κ1) is 11.2. The lowest BCUT2D eigenvalue weighted by Gasteiger charge is -2.05. The molecule has 0 spiro atoms. The first-order valence-corrected chi connectivity index (χ1v) is 4.53. The molecule has 1 aromatic heterocycles. The molecule has 0 aliphatic rings. The van der Waals surface area contributed by atoms with Gasteiger partial charge in [0.25, 0.3) is 0 Å². The molecule has 0 aliphatic carbocycles. The number of hydrogen-bond donors (Lipinski definition) is 2. The maximum Gasteiger partial charge on any atom is 0.303 e. The van der Waals surface area contributed by atoms with E-state index in [1.807, 2.05) is 13.0 Å². The molecule has 0 radical (unpaired) electrons. The summed E-state index contributed by atoms with van der Waals surface area (Å²) in [6, 6.07) is 3.59. The van der Waals surface area contributed by atoms with Crippen molar-refractivity contribution in [2.45, 2.75) is 19.8 Å².